The van der Waals surface area contributed by atoms with E-state index in [1.807, 2.05) is 0 Å². The molecule has 0 spiro atoms. The zero-order chi connectivity index (χ0) is 0. The molecule has 0 heterocycles. The molecule has 0 bridgehead atoms. The van der Waals surface area contributed by atoms with Gasteiger partial charge in [-0.15, -0.1) is 0 Å². The second-order valence-corrected chi connectivity index (χ2v) is 0. The summed E-state index contributed by atoms with van der Waals surface area (Å²) in [6.07, 6.45) is 0. The second kappa shape index (κ2) is 25.8. The third kappa shape index (κ3) is 18.5. The molecule has 0 aromatic carbocycles. The van der Waals surface area contributed by atoms with Crippen LogP contribution in [0.25, 0.3) is 0 Å². The fourth-order valence-corrected chi connectivity index (χ4v) is 0. The molecular weight excluding hydrogens is 368 g/mol. The Balaban J connectivity index is 0. The van der Waals surface area contributed by atoms with Crippen molar-refractivity contribution in [3.8, 4) is 0 Å². The van der Waals surface area contributed by atoms with Crippen LogP contribution >= 0.6 is 0 Å². The molecule has 0 amide bonds. The summed E-state index contributed by atoms with van der Waals surface area (Å²) in [7, 11) is 0. The van der Waals surface area contributed by atoms with Crippen molar-refractivity contribution in [2.24, 2.45) is 0 Å². The van der Waals surface area contributed by atoms with Crippen LogP contribution in [0.15, 0.2) is 0 Å². The molecular formula is InLaLiOZr+9. The molecule has 0 unspecified atom stereocenters. The predicted molar refractivity (Wildman–Crippen MR) is 6.44 cm³/mol. The van der Waals surface area contributed by atoms with Crippen molar-refractivity contribution in [3.05, 3.63) is 0 Å². The number of hydrogen-bond acceptors (Lipinski definition) is 0. The molecule has 0 radical (unpaired) electrons. The zero-order valence-electron chi connectivity index (χ0n) is 3.06. The van der Waals surface area contributed by atoms with Gasteiger partial charge in [-0.3, -0.25) is 0 Å². The first-order valence-corrected chi connectivity index (χ1v) is 0. The van der Waals surface area contributed by atoms with Crippen molar-refractivity contribution in [1.29, 1.82) is 0 Å². The maximum atomic E-state index is 0. The maximum absolute atomic E-state index is 0. The van der Waals surface area contributed by atoms with Crippen molar-refractivity contribution >= 4 is 25.8 Å². The average molecular weight is 368 g/mol. The molecule has 0 aromatic heterocycles. The van der Waals surface area contributed by atoms with Crippen LogP contribution in [0, 0.1) is 35.6 Å². The summed E-state index contributed by atoms with van der Waals surface area (Å²) in [5.41, 5.74) is 0. The monoisotopic (exact) mass is 367 g/mol. The smallest absolute Gasteiger partial charge is 2.00 e. The zero-order valence-corrected chi connectivity index (χ0v) is 12.4. The van der Waals surface area contributed by atoms with Gasteiger partial charge in [-0.05, 0) is 0 Å². The molecule has 0 saturated heterocycles. The molecule has 0 atom stereocenters. The van der Waals surface area contributed by atoms with E-state index in [0.29, 0.717) is 0 Å². The van der Waals surface area contributed by atoms with Gasteiger partial charge in [0.2, 0.25) is 0 Å². The van der Waals surface area contributed by atoms with E-state index in [1.54, 1.807) is 0 Å². The molecule has 0 N–H and O–H groups in total. The molecule has 1 nitrogen and oxygen atoms in total. The molecule has 0 aliphatic rings. The summed E-state index contributed by atoms with van der Waals surface area (Å²) >= 11 is 0. The molecule has 8 valence electrons. The normalized spacial score (nSPS) is 0. The summed E-state index contributed by atoms with van der Waals surface area (Å²) in [6.45, 7) is 0. The fraction of sp³-hybridized carbons (Fsp3) is 0. The van der Waals surface area contributed by atoms with E-state index in [0.717, 1.165) is 0 Å². The summed E-state index contributed by atoms with van der Waals surface area (Å²) in [5, 5.41) is 0. The minimum Gasteiger partial charge on any atom is -2.00 e. The Kier molecular flexibility index (Phi) is 202. The summed E-state index contributed by atoms with van der Waals surface area (Å²) in [5.74, 6) is 0. The van der Waals surface area contributed by atoms with E-state index in [2.05, 4.69) is 0 Å². The van der Waals surface area contributed by atoms with Crippen molar-refractivity contribution in [2.75, 3.05) is 0 Å². The topological polar surface area (TPSA) is 28.5 Å². The number of hydrogen-bond donors (Lipinski definition) is 0. The second-order valence-electron chi connectivity index (χ2n) is 0. The van der Waals surface area contributed by atoms with E-state index in [9.17, 15) is 0 Å². The first-order valence-electron chi connectivity index (χ1n) is 0. The molecule has 5 heteroatoms. The van der Waals surface area contributed by atoms with Gasteiger partial charge in [0.05, 0.1) is 0 Å². The van der Waals surface area contributed by atoms with Gasteiger partial charge in [0, 0.05) is 0 Å². The van der Waals surface area contributed by atoms with Crippen LogP contribution in [0.5, 0.6) is 0 Å². The first-order chi connectivity index (χ1) is 0. The van der Waals surface area contributed by atoms with Crippen LogP contribution < -0.4 is 18.9 Å². The third-order valence-corrected chi connectivity index (χ3v) is 0. The van der Waals surface area contributed by atoms with Gasteiger partial charge < -0.3 is 5.48 Å². The minimum absolute atomic E-state index is 0. The van der Waals surface area contributed by atoms with Crippen LogP contribution in [-0.4, -0.2) is 25.8 Å². The quantitative estimate of drug-likeness (QED) is 0.398. The molecule has 0 aliphatic carbocycles. The van der Waals surface area contributed by atoms with E-state index < -0.39 is 0 Å². The van der Waals surface area contributed by atoms with Gasteiger partial charge in [-0.25, -0.2) is 0 Å². The third-order valence-electron chi connectivity index (χ3n) is 0. The summed E-state index contributed by atoms with van der Waals surface area (Å²) in [4.78, 5) is 0. The Morgan fingerprint density at radius 3 is 1.00 bits per heavy atom. The van der Waals surface area contributed by atoms with E-state index >= 15 is 0 Å². The predicted octanol–water partition coefficient (Wildman–Crippen LogP) is -3.50. The standard InChI is InChI=1S/In.La.Li.O.Zr/q2*+3;+1;-2;+4. The van der Waals surface area contributed by atoms with Gasteiger partial charge >= 0.3 is 107 Å². The van der Waals surface area contributed by atoms with Crippen molar-refractivity contribution < 1.29 is 86.1 Å². The molecule has 0 fully saturated rings. The van der Waals surface area contributed by atoms with Gasteiger partial charge in [0.25, 0.3) is 0 Å². The van der Waals surface area contributed by atoms with Crippen LogP contribution in [0.2, 0.25) is 0 Å². The molecule has 0 rings (SSSR count). The van der Waals surface area contributed by atoms with Crippen LogP contribution in [0.3, 0.4) is 0 Å². The molecule has 0 aromatic rings. The largest absolute Gasteiger partial charge is 4.00 e. The van der Waals surface area contributed by atoms with Gasteiger partial charge in [0.15, 0.2) is 0 Å². The Labute approximate surface area is 109 Å². The first kappa shape index (κ1) is 39.0. The summed E-state index contributed by atoms with van der Waals surface area (Å²) in [6, 6.07) is 0. The van der Waals surface area contributed by atoms with E-state index in [1.165, 1.54) is 0 Å². The molecule has 0 aliphatic heterocycles. The van der Waals surface area contributed by atoms with Crippen LogP contribution in [-0.2, 0) is 31.7 Å². The minimum atomic E-state index is 0. The van der Waals surface area contributed by atoms with Crippen LogP contribution in [0.1, 0.15) is 0 Å². The van der Waals surface area contributed by atoms with Gasteiger partial charge in [-0.1, -0.05) is 0 Å². The van der Waals surface area contributed by atoms with Crippen molar-refractivity contribution in [3.63, 3.8) is 0 Å². The maximum Gasteiger partial charge on any atom is 4.00 e. The van der Waals surface area contributed by atoms with Crippen molar-refractivity contribution in [2.45, 2.75) is 0 Å². The van der Waals surface area contributed by atoms with E-state index in [-0.39, 0.29) is 112 Å². The van der Waals surface area contributed by atoms with Crippen molar-refractivity contribution in [1.82, 2.24) is 0 Å². The molecule has 5 heavy (non-hydrogen) atoms. The Bertz CT molecular complexity index is 11.6. The van der Waals surface area contributed by atoms with Gasteiger partial charge in [0.1, 0.15) is 0 Å². The fourth-order valence-electron chi connectivity index (χ4n) is 0. The Hall–Kier alpha value is 3.51. The van der Waals surface area contributed by atoms with E-state index in [4.69, 9.17) is 0 Å². The van der Waals surface area contributed by atoms with Gasteiger partial charge in [-0.2, -0.15) is 0 Å². The number of rotatable bonds is 0. The van der Waals surface area contributed by atoms with Crippen LogP contribution in [0.4, 0.5) is 0 Å². The summed E-state index contributed by atoms with van der Waals surface area (Å²) < 4.78 is 0. The molecule has 0 saturated carbocycles. The average Bonchev–Trinajstić information content (AvgIpc) is 0. The Morgan fingerprint density at radius 2 is 1.00 bits per heavy atom. The SMILES string of the molecule is [In+3].[La+3].[Li+].[O-2].[Zr+4]. The Morgan fingerprint density at radius 1 is 1.00 bits per heavy atom.